The van der Waals surface area contributed by atoms with E-state index in [1.165, 1.54) is 17.1 Å². The molecule has 2 fully saturated rings. The van der Waals surface area contributed by atoms with Crippen molar-refractivity contribution in [3.8, 4) is 5.75 Å². The predicted octanol–water partition coefficient (Wildman–Crippen LogP) is 1.87. The van der Waals surface area contributed by atoms with E-state index in [9.17, 15) is 8.42 Å². The Bertz CT molecular complexity index is 856. The summed E-state index contributed by atoms with van der Waals surface area (Å²) in [5.41, 5.74) is 1.06. The average molecular weight is 374 g/mol. The van der Waals surface area contributed by atoms with Gasteiger partial charge in [0.2, 0.25) is 10.0 Å². The molecule has 0 spiro atoms. The summed E-state index contributed by atoms with van der Waals surface area (Å²) in [6.45, 7) is 2.07. The number of nitrogens with zero attached hydrogens (tertiary/aromatic N) is 4. The highest BCUT2D eigenvalue weighted by Gasteiger charge is 2.30. The van der Waals surface area contributed by atoms with Crippen molar-refractivity contribution in [2.24, 2.45) is 0 Å². The van der Waals surface area contributed by atoms with Gasteiger partial charge in [0.05, 0.1) is 17.7 Å². The number of sulfonamides is 1. The van der Waals surface area contributed by atoms with Gasteiger partial charge in [0, 0.05) is 32.1 Å². The summed E-state index contributed by atoms with van der Waals surface area (Å²) in [6.07, 6.45) is 2.41. The number of piperazine rings is 1. The number of anilines is 1. The molecule has 4 rings (SSSR count). The first-order chi connectivity index (χ1) is 12.6. The van der Waals surface area contributed by atoms with Crippen molar-refractivity contribution in [1.29, 1.82) is 0 Å². The Morgan fingerprint density at radius 3 is 2.19 bits per heavy atom. The molecule has 26 heavy (non-hydrogen) atoms. The second kappa shape index (κ2) is 6.85. The van der Waals surface area contributed by atoms with Crippen LogP contribution in [0.3, 0.4) is 0 Å². The minimum absolute atomic E-state index is 0.292. The molecule has 0 unspecified atom stereocenters. The van der Waals surface area contributed by atoms with E-state index in [4.69, 9.17) is 4.74 Å². The first-order valence-electron chi connectivity index (χ1n) is 8.81. The molecule has 7 nitrogen and oxygen atoms in total. The SMILES string of the molecule is COc1ccc(S(=O)(=O)N2CCN(c3ccc(C4CC4)nn3)CC2)cc1. The normalized spacial score (nSPS) is 18.7. The monoisotopic (exact) mass is 374 g/mol. The third kappa shape index (κ3) is 3.39. The Morgan fingerprint density at radius 2 is 1.65 bits per heavy atom. The van der Waals surface area contributed by atoms with Crippen molar-refractivity contribution >= 4 is 15.8 Å². The zero-order valence-electron chi connectivity index (χ0n) is 14.7. The molecular weight excluding hydrogens is 352 g/mol. The average Bonchev–Trinajstić information content (AvgIpc) is 3.54. The zero-order valence-corrected chi connectivity index (χ0v) is 15.5. The number of hydrogen-bond acceptors (Lipinski definition) is 6. The first-order valence-corrected chi connectivity index (χ1v) is 10.2. The molecule has 1 aliphatic heterocycles. The fourth-order valence-electron chi connectivity index (χ4n) is 3.16. The highest BCUT2D eigenvalue weighted by molar-refractivity contribution is 7.89. The fourth-order valence-corrected chi connectivity index (χ4v) is 4.58. The van der Waals surface area contributed by atoms with Crippen LogP contribution in [0.15, 0.2) is 41.3 Å². The molecule has 2 heterocycles. The van der Waals surface area contributed by atoms with Gasteiger partial charge >= 0.3 is 0 Å². The number of ether oxygens (including phenoxy) is 1. The maximum absolute atomic E-state index is 12.8. The number of hydrogen-bond donors (Lipinski definition) is 0. The van der Waals surface area contributed by atoms with Gasteiger partial charge < -0.3 is 9.64 Å². The van der Waals surface area contributed by atoms with Gasteiger partial charge in [-0.25, -0.2) is 8.42 Å². The van der Waals surface area contributed by atoms with Crippen molar-refractivity contribution < 1.29 is 13.2 Å². The molecule has 0 bridgehead atoms. The lowest BCUT2D eigenvalue weighted by Gasteiger charge is -2.34. The lowest BCUT2D eigenvalue weighted by atomic mass is 10.2. The number of aromatic nitrogens is 2. The summed E-state index contributed by atoms with van der Waals surface area (Å²) >= 11 is 0. The molecule has 1 saturated heterocycles. The molecule has 0 N–H and O–H groups in total. The topological polar surface area (TPSA) is 75.6 Å². The second-order valence-electron chi connectivity index (χ2n) is 6.66. The lowest BCUT2D eigenvalue weighted by Crippen LogP contribution is -2.49. The van der Waals surface area contributed by atoms with Crippen molar-refractivity contribution in [1.82, 2.24) is 14.5 Å². The van der Waals surface area contributed by atoms with Gasteiger partial charge in [0.25, 0.3) is 0 Å². The van der Waals surface area contributed by atoms with Crippen LogP contribution in [0.2, 0.25) is 0 Å². The largest absolute Gasteiger partial charge is 0.497 e. The quantitative estimate of drug-likeness (QED) is 0.795. The number of benzene rings is 1. The van der Waals surface area contributed by atoms with Gasteiger partial charge in [0.1, 0.15) is 5.75 Å². The van der Waals surface area contributed by atoms with Crippen molar-refractivity contribution in [3.05, 3.63) is 42.1 Å². The van der Waals surface area contributed by atoms with E-state index in [-0.39, 0.29) is 0 Å². The van der Waals surface area contributed by atoms with Crippen LogP contribution in [-0.2, 0) is 10.0 Å². The van der Waals surface area contributed by atoms with E-state index in [1.54, 1.807) is 31.4 Å². The van der Waals surface area contributed by atoms with Crippen molar-refractivity contribution in [3.63, 3.8) is 0 Å². The van der Waals surface area contributed by atoms with Gasteiger partial charge in [-0.05, 0) is 49.2 Å². The van der Waals surface area contributed by atoms with Gasteiger partial charge in [-0.3, -0.25) is 0 Å². The number of rotatable bonds is 5. The van der Waals surface area contributed by atoms with E-state index in [0.29, 0.717) is 42.7 Å². The third-order valence-electron chi connectivity index (χ3n) is 4.93. The summed E-state index contributed by atoms with van der Waals surface area (Å²) in [4.78, 5) is 2.38. The highest BCUT2D eigenvalue weighted by atomic mass is 32.2. The highest BCUT2D eigenvalue weighted by Crippen LogP contribution is 2.38. The Kier molecular flexibility index (Phi) is 4.54. The maximum Gasteiger partial charge on any atom is 0.243 e. The second-order valence-corrected chi connectivity index (χ2v) is 8.60. The minimum Gasteiger partial charge on any atom is -0.497 e. The molecule has 1 aliphatic carbocycles. The molecule has 1 aromatic carbocycles. The van der Waals surface area contributed by atoms with E-state index >= 15 is 0 Å². The zero-order chi connectivity index (χ0) is 18.1. The Labute approximate surface area is 153 Å². The first kappa shape index (κ1) is 17.2. The van der Waals surface area contributed by atoms with Crippen molar-refractivity contribution in [2.45, 2.75) is 23.7 Å². The molecular formula is C18H22N4O3S. The van der Waals surface area contributed by atoms with Gasteiger partial charge in [-0.15, -0.1) is 5.10 Å². The summed E-state index contributed by atoms with van der Waals surface area (Å²) in [7, 11) is -1.93. The Balaban J connectivity index is 1.41. The standard InChI is InChI=1S/C18H22N4O3S/c1-25-15-4-6-16(7-5-15)26(23,24)22-12-10-21(11-13-22)18-9-8-17(19-20-18)14-2-3-14/h4-9,14H,2-3,10-13H2,1H3. The van der Waals surface area contributed by atoms with Crippen molar-refractivity contribution in [2.75, 3.05) is 38.2 Å². The van der Waals surface area contributed by atoms with E-state index in [0.717, 1.165) is 11.5 Å². The van der Waals surface area contributed by atoms with E-state index in [2.05, 4.69) is 15.1 Å². The summed E-state index contributed by atoms with van der Waals surface area (Å²) < 4.78 is 32.2. The molecule has 138 valence electrons. The molecule has 2 aliphatic rings. The summed E-state index contributed by atoms with van der Waals surface area (Å²) in [5.74, 6) is 2.04. The summed E-state index contributed by atoms with van der Waals surface area (Å²) in [5, 5.41) is 8.63. The van der Waals surface area contributed by atoms with Crippen LogP contribution in [0, 0.1) is 0 Å². The predicted molar refractivity (Wildman–Crippen MR) is 98.0 cm³/mol. The maximum atomic E-state index is 12.8. The summed E-state index contributed by atoms with van der Waals surface area (Å²) in [6, 6.07) is 10.5. The molecule has 2 aromatic rings. The molecule has 8 heteroatoms. The number of methoxy groups -OCH3 is 1. The van der Waals surface area contributed by atoms with Crippen LogP contribution in [0.4, 0.5) is 5.82 Å². The Morgan fingerprint density at radius 1 is 0.962 bits per heavy atom. The lowest BCUT2D eigenvalue weighted by molar-refractivity contribution is 0.383. The molecule has 0 atom stereocenters. The van der Waals surface area contributed by atoms with Crippen LogP contribution in [0.5, 0.6) is 5.75 Å². The third-order valence-corrected chi connectivity index (χ3v) is 6.84. The van der Waals surface area contributed by atoms with Gasteiger partial charge in [0.15, 0.2) is 5.82 Å². The molecule has 1 aromatic heterocycles. The van der Waals surface area contributed by atoms with Gasteiger partial charge in [-0.2, -0.15) is 9.40 Å². The van der Waals surface area contributed by atoms with E-state index < -0.39 is 10.0 Å². The smallest absolute Gasteiger partial charge is 0.243 e. The minimum atomic E-state index is -3.49. The fraction of sp³-hybridized carbons (Fsp3) is 0.444. The van der Waals surface area contributed by atoms with Crippen LogP contribution in [0.25, 0.3) is 0 Å². The molecule has 0 amide bonds. The van der Waals surface area contributed by atoms with Crippen LogP contribution in [-0.4, -0.2) is 56.2 Å². The van der Waals surface area contributed by atoms with Gasteiger partial charge in [-0.1, -0.05) is 0 Å². The van der Waals surface area contributed by atoms with Crippen LogP contribution >= 0.6 is 0 Å². The Hall–Kier alpha value is -2.19. The molecule has 0 radical (unpaired) electrons. The van der Waals surface area contributed by atoms with Crippen LogP contribution < -0.4 is 9.64 Å². The molecule has 1 saturated carbocycles. The van der Waals surface area contributed by atoms with E-state index in [1.807, 2.05) is 12.1 Å². The van der Waals surface area contributed by atoms with Crippen LogP contribution in [0.1, 0.15) is 24.5 Å².